The predicted octanol–water partition coefficient (Wildman–Crippen LogP) is 5.02. The summed E-state index contributed by atoms with van der Waals surface area (Å²) in [6.45, 7) is 6.29. The third kappa shape index (κ3) is 3.60. The average Bonchev–Trinajstić information content (AvgIpc) is 3.25. The van der Waals surface area contributed by atoms with Gasteiger partial charge in [-0.25, -0.2) is 0 Å². The van der Waals surface area contributed by atoms with Crippen molar-refractivity contribution < 1.29 is 9.21 Å². The number of anilines is 1. The highest BCUT2D eigenvalue weighted by molar-refractivity contribution is 7.99. The Labute approximate surface area is 174 Å². The van der Waals surface area contributed by atoms with Gasteiger partial charge in [-0.05, 0) is 30.2 Å². The predicted molar refractivity (Wildman–Crippen MR) is 116 cm³/mol. The minimum absolute atomic E-state index is 0.0216. The molecule has 0 fully saturated rings. The zero-order chi connectivity index (χ0) is 20.6. The van der Waals surface area contributed by atoms with Crippen LogP contribution in [-0.4, -0.2) is 28.8 Å². The Hall–Kier alpha value is -2.86. The Morgan fingerprint density at radius 2 is 1.86 bits per heavy atom. The highest BCUT2D eigenvalue weighted by Crippen LogP contribution is 2.46. The van der Waals surface area contributed by atoms with E-state index in [2.05, 4.69) is 41.1 Å². The van der Waals surface area contributed by atoms with Crippen LogP contribution in [0.4, 0.5) is 5.69 Å². The molecule has 0 bridgehead atoms. The lowest BCUT2D eigenvalue weighted by molar-refractivity contribution is -0.112. The van der Waals surface area contributed by atoms with E-state index in [-0.39, 0.29) is 17.0 Å². The molecule has 29 heavy (non-hydrogen) atoms. The lowest BCUT2D eigenvalue weighted by Crippen LogP contribution is -2.24. The molecule has 0 N–H and O–H groups in total. The fraction of sp³-hybridized carbons (Fsp3) is 0.261. The maximum absolute atomic E-state index is 12.7. The molecule has 4 rings (SSSR count). The van der Waals surface area contributed by atoms with Crippen LogP contribution in [-0.2, 0) is 10.2 Å². The fourth-order valence-electron chi connectivity index (χ4n) is 3.78. The minimum atomic E-state index is -0.214. The van der Waals surface area contributed by atoms with Crippen LogP contribution in [0.1, 0.15) is 25.0 Å². The van der Waals surface area contributed by atoms with Crippen LogP contribution in [0, 0.1) is 6.92 Å². The SMILES string of the molecule is Cc1ccccc1-c1nnc(SCC(=O)/C=C2\N(C)c3ccccc3C2(C)C)o1. The van der Waals surface area contributed by atoms with Gasteiger partial charge >= 0.3 is 0 Å². The summed E-state index contributed by atoms with van der Waals surface area (Å²) in [5.41, 5.74) is 5.13. The standard InChI is InChI=1S/C23H23N3O2S/c1-15-9-5-6-10-17(15)21-24-25-22(28-21)29-14-16(27)13-20-23(2,3)18-11-7-8-12-19(18)26(20)4/h5-13H,14H2,1-4H3/b20-13-. The van der Waals surface area contributed by atoms with E-state index in [0.717, 1.165) is 22.5 Å². The van der Waals surface area contributed by atoms with E-state index in [1.54, 1.807) is 6.08 Å². The summed E-state index contributed by atoms with van der Waals surface area (Å²) < 4.78 is 5.74. The highest BCUT2D eigenvalue weighted by Gasteiger charge is 2.38. The van der Waals surface area contributed by atoms with Crippen molar-refractivity contribution in [1.82, 2.24) is 10.2 Å². The summed E-state index contributed by atoms with van der Waals surface area (Å²) >= 11 is 1.27. The van der Waals surface area contributed by atoms with Gasteiger partial charge in [-0.2, -0.15) is 0 Å². The van der Waals surface area contributed by atoms with Crippen LogP contribution in [0.15, 0.2) is 69.9 Å². The molecule has 0 unspecified atom stereocenters. The zero-order valence-electron chi connectivity index (χ0n) is 17.0. The Morgan fingerprint density at radius 3 is 2.62 bits per heavy atom. The first-order valence-electron chi connectivity index (χ1n) is 9.48. The number of likely N-dealkylation sites (N-methyl/N-ethyl adjacent to an activating group) is 1. The van der Waals surface area contributed by atoms with Gasteiger partial charge in [-0.1, -0.05) is 62.0 Å². The number of thioether (sulfide) groups is 1. The summed E-state index contributed by atoms with van der Waals surface area (Å²) in [6, 6.07) is 16.1. The van der Waals surface area contributed by atoms with E-state index in [0.29, 0.717) is 11.1 Å². The van der Waals surface area contributed by atoms with Crippen LogP contribution in [0.25, 0.3) is 11.5 Å². The number of aromatic nitrogens is 2. The summed E-state index contributed by atoms with van der Waals surface area (Å²) in [5, 5.41) is 8.59. The smallest absolute Gasteiger partial charge is 0.277 e. The first kappa shape index (κ1) is 19.5. The van der Waals surface area contributed by atoms with Crippen molar-refractivity contribution in [2.75, 3.05) is 17.7 Å². The van der Waals surface area contributed by atoms with Gasteiger partial charge in [-0.15, -0.1) is 10.2 Å². The molecule has 1 aliphatic heterocycles. The normalized spacial score (nSPS) is 16.3. The highest BCUT2D eigenvalue weighted by atomic mass is 32.2. The molecule has 2 aromatic carbocycles. The second kappa shape index (κ2) is 7.52. The molecule has 1 aromatic heterocycles. The van der Waals surface area contributed by atoms with E-state index >= 15 is 0 Å². The van der Waals surface area contributed by atoms with Crippen molar-refractivity contribution in [3.05, 3.63) is 71.4 Å². The molecule has 6 heteroatoms. The van der Waals surface area contributed by atoms with Crippen molar-refractivity contribution in [3.8, 4) is 11.5 Å². The number of fused-ring (bicyclic) bond motifs is 1. The van der Waals surface area contributed by atoms with E-state index in [9.17, 15) is 4.79 Å². The number of aryl methyl sites for hydroxylation is 1. The molecule has 2 heterocycles. The first-order chi connectivity index (χ1) is 13.9. The van der Waals surface area contributed by atoms with Gasteiger partial charge in [0.15, 0.2) is 5.78 Å². The van der Waals surface area contributed by atoms with Gasteiger partial charge in [0.2, 0.25) is 5.89 Å². The van der Waals surface area contributed by atoms with E-state index in [1.165, 1.54) is 17.3 Å². The van der Waals surface area contributed by atoms with Crippen LogP contribution in [0.2, 0.25) is 0 Å². The number of carbonyl (C=O) groups is 1. The van der Waals surface area contributed by atoms with Gasteiger partial charge in [0.25, 0.3) is 5.22 Å². The number of benzene rings is 2. The fourth-order valence-corrected chi connectivity index (χ4v) is 4.36. The molecular weight excluding hydrogens is 382 g/mol. The molecule has 3 aromatic rings. The molecule has 0 saturated carbocycles. The zero-order valence-corrected chi connectivity index (χ0v) is 17.8. The third-order valence-electron chi connectivity index (χ3n) is 5.36. The Balaban J connectivity index is 1.47. The topological polar surface area (TPSA) is 59.2 Å². The molecule has 0 aliphatic carbocycles. The van der Waals surface area contributed by atoms with E-state index in [4.69, 9.17) is 4.42 Å². The van der Waals surface area contributed by atoms with Gasteiger partial charge in [-0.3, -0.25) is 4.79 Å². The summed E-state index contributed by atoms with van der Waals surface area (Å²) in [4.78, 5) is 14.8. The van der Waals surface area contributed by atoms with Crippen LogP contribution in [0.3, 0.4) is 0 Å². The molecule has 0 amide bonds. The molecule has 0 radical (unpaired) electrons. The number of allylic oxidation sites excluding steroid dienone is 2. The Bertz CT molecular complexity index is 1100. The Kier molecular flexibility index (Phi) is 5.04. The minimum Gasteiger partial charge on any atom is -0.411 e. The number of nitrogens with zero attached hydrogens (tertiary/aromatic N) is 3. The molecule has 148 valence electrons. The monoisotopic (exact) mass is 405 g/mol. The van der Waals surface area contributed by atoms with Crippen LogP contribution < -0.4 is 4.90 Å². The molecule has 0 spiro atoms. The van der Waals surface area contributed by atoms with E-state index in [1.807, 2.05) is 50.4 Å². The van der Waals surface area contributed by atoms with E-state index < -0.39 is 0 Å². The van der Waals surface area contributed by atoms with Crippen molar-refractivity contribution in [2.45, 2.75) is 31.4 Å². The van der Waals surface area contributed by atoms with Crippen molar-refractivity contribution in [3.63, 3.8) is 0 Å². The number of hydrogen-bond donors (Lipinski definition) is 0. The summed E-state index contributed by atoms with van der Waals surface area (Å²) in [6.07, 6.45) is 1.74. The lowest BCUT2D eigenvalue weighted by atomic mass is 9.83. The van der Waals surface area contributed by atoms with Crippen molar-refractivity contribution in [1.29, 1.82) is 0 Å². The largest absolute Gasteiger partial charge is 0.411 e. The van der Waals surface area contributed by atoms with Crippen LogP contribution in [0.5, 0.6) is 0 Å². The molecular formula is C23H23N3O2S. The third-order valence-corrected chi connectivity index (χ3v) is 6.20. The summed E-state index contributed by atoms with van der Waals surface area (Å²) in [7, 11) is 2.01. The maximum atomic E-state index is 12.7. The van der Waals surface area contributed by atoms with Crippen LogP contribution >= 0.6 is 11.8 Å². The molecule has 1 aliphatic rings. The first-order valence-corrected chi connectivity index (χ1v) is 10.5. The second-order valence-electron chi connectivity index (χ2n) is 7.67. The number of hydrogen-bond acceptors (Lipinski definition) is 6. The maximum Gasteiger partial charge on any atom is 0.277 e. The number of ketones is 1. The molecule has 0 saturated heterocycles. The van der Waals surface area contributed by atoms with Gasteiger partial charge < -0.3 is 9.32 Å². The molecule has 5 nitrogen and oxygen atoms in total. The van der Waals surface area contributed by atoms with Crippen molar-refractivity contribution >= 4 is 23.2 Å². The number of para-hydroxylation sites is 1. The molecule has 0 atom stereocenters. The second-order valence-corrected chi connectivity index (χ2v) is 8.60. The number of carbonyl (C=O) groups excluding carboxylic acids is 1. The summed E-state index contributed by atoms with van der Waals surface area (Å²) in [5.74, 6) is 0.746. The lowest BCUT2D eigenvalue weighted by Gasteiger charge is -2.23. The number of rotatable bonds is 5. The van der Waals surface area contributed by atoms with Gasteiger partial charge in [0, 0.05) is 35.5 Å². The Morgan fingerprint density at radius 1 is 1.14 bits per heavy atom. The quantitative estimate of drug-likeness (QED) is 0.439. The van der Waals surface area contributed by atoms with Gasteiger partial charge in [0.05, 0.1) is 5.75 Å². The van der Waals surface area contributed by atoms with Gasteiger partial charge in [0.1, 0.15) is 0 Å². The average molecular weight is 406 g/mol. The van der Waals surface area contributed by atoms with Crippen molar-refractivity contribution in [2.24, 2.45) is 0 Å².